The molecule has 0 N–H and O–H groups in total. The molecule has 3 aromatic rings. The summed E-state index contributed by atoms with van der Waals surface area (Å²) in [6.45, 7) is 1.89. The molecule has 0 saturated carbocycles. The first-order valence-electron chi connectivity index (χ1n) is 10.0. The van der Waals surface area contributed by atoms with Crippen LogP contribution in [-0.4, -0.2) is 65.2 Å². The van der Waals surface area contributed by atoms with Gasteiger partial charge in [0.15, 0.2) is 16.6 Å². The topological polar surface area (TPSA) is 81.2 Å². The van der Waals surface area contributed by atoms with Crippen molar-refractivity contribution in [1.82, 2.24) is 9.29 Å². The Morgan fingerprint density at radius 2 is 1.66 bits per heavy atom. The molecule has 0 atom stereocenters. The van der Waals surface area contributed by atoms with Crippen LogP contribution < -0.4 is 19.1 Å². The van der Waals surface area contributed by atoms with E-state index in [1.807, 2.05) is 29.6 Å². The van der Waals surface area contributed by atoms with Gasteiger partial charge in [-0.1, -0.05) is 12.1 Å². The second-order valence-electron chi connectivity index (χ2n) is 7.16. The number of piperazine rings is 1. The van der Waals surface area contributed by atoms with Crippen molar-refractivity contribution in [2.24, 2.45) is 0 Å². The largest absolute Gasteiger partial charge is 0.497 e. The van der Waals surface area contributed by atoms with Gasteiger partial charge >= 0.3 is 0 Å². The maximum Gasteiger partial charge on any atom is 0.243 e. The molecule has 32 heavy (non-hydrogen) atoms. The second kappa shape index (κ2) is 9.35. The molecule has 2 heterocycles. The van der Waals surface area contributed by atoms with Gasteiger partial charge in [0.25, 0.3) is 0 Å². The molecule has 170 valence electrons. The molecule has 1 aliphatic rings. The summed E-state index contributed by atoms with van der Waals surface area (Å²) in [6, 6.07) is 12.4. The summed E-state index contributed by atoms with van der Waals surface area (Å²) in [5.74, 6) is 1.66. The lowest BCUT2D eigenvalue weighted by Crippen LogP contribution is -2.48. The molecule has 0 unspecified atom stereocenters. The number of ether oxygens (including phenoxy) is 3. The van der Waals surface area contributed by atoms with Gasteiger partial charge in [-0.15, -0.1) is 11.3 Å². The van der Waals surface area contributed by atoms with E-state index < -0.39 is 10.0 Å². The highest BCUT2D eigenvalue weighted by Gasteiger charge is 2.30. The number of sulfonamides is 1. The Labute approximate surface area is 192 Å². The van der Waals surface area contributed by atoms with E-state index >= 15 is 0 Å². The molecular weight excluding hydrogens is 450 g/mol. The molecule has 0 amide bonds. The minimum Gasteiger partial charge on any atom is -0.497 e. The van der Waals surface area contributed by atoms with E-state index in [1.165, 1.54) is 24.6 Å². The maximum atomic E-state index is 13.1. The minimum absolute atomic E-state index is 0.193. The van der Waals surface area contributed by atoms with Gasteiger partial charge < -0.3 is 19.1 Å². The number of anilines is 1. The fraction of sp³-hybridized carbons (Fsp3) is 0.318. The summed E-state index contributed by atoms with van der Waals surface area (Å²) in [5, 5.41) is 2.89. The number of benzene rings is 2. The van der Waals surface area contributed by atoms with Crippen molar-refractivity contribution >= 4 is 26.5 Å². The summed E-state index contributed by atoms with van der Waals surface area (Å²) < 4.78 is 43.5. The first-order valence-corrected chi connectivity index (χ1v) is 12.4. The van der Waals surface area contributed by atoms with Crippen LogP contribution in [0.5, 0.6) is 17.2 Å². The molecule has 0 bridgehead atoms. The highest BCUT2D eigenvalue weighted by molar-refractivity contribution is 7.89. The van der Waals surface area contributed by atoms with E-state index in [0.29, 0.717) is 37.7 Å². The zero-order valence-corrected chi connectivity index (χ0v) is 19.8. The Bertz CT molecular complexity index is 1190. The quantitative estimate of drug-likeness (QED) is 0.518. The van der Waals surface area contributed by atoms with Crippen molar-refractivity contribution in [2.75, 3.05) is 52.4 Å². The van der Waals surface area contributed by atoms with Crippen molar-refractivity contribution < 1.29 is 22.6 Å². The molecule has 8 nitrogen and oxygen atoms in total. The van der Waals surface area contributed by atoms with Gasteiger partial charge in [-0.25, -0.2) is 13.4 Å². The van der Waals surface area contributed by atoms with E-state index in [0.717, 1.165) is 22.1 Å². The number of hydrogen-bond donors (Lipinski definition) is 0. The predicted octanol–water partition coefficient (Wildman–Crippen LogP) is 3.35. The monoisotopic (exact) mass is 475 g/mol. The van der Waals surface area contributed by atoms with E-state index in [9.17, 15) is 8.42 Å². The number of aromatic nitrogens is 1. The van der Waals surface area contributed by atoms with E-state index in [1.54, 1.807) is 30.6 Å². The van der Waals surface area contributed by atoms with Gasteiger partial charge in [-0.05, 0) is 24.3 Å². The van der Waals surface area contributed by atoms with Gasteiger partial charge in [-0.2, -0.15) is 4.31 Å². The fourth-order valence-corrected chi connectivity index (χ4v) is 5.90. The number of rotatable bonds is 7. The number of methoxy groups -OCH3 is 3. The van der Waals surface area contributed by atoms with Crippen LogP contribution in [0.15, 0.2) is 52.7 Å². The van der Waals surface area contributed by atoms with Crippen molar-refractivity contribution in [1.29, 1.82) is 0 Å². The number of hydrogen-bond acceptors (Lipinski definition) is 8. The van der Waals surface area contributed by atoms with Crippen molar-refractivity contribution in [3.63, 3.8) is 0 Å². The van der Waals surface area contributed by atoms with Gasteiger partial charge in [-0.3, -0.25) is 0 Å². The van der Waals surface area contributed by atoms with Gasteiger partial charge in [0.2, 0.25) is 10.0 Å². The van der Waals surface area contributed by atoms with Crippen molar-refractivity contribution in [3.05, 3.63) is 47.8 Å². The van der Waals surface area contributed by atoms with Crippen molar-refractivity contribution in [3.8, 4) is 28.5 Å². The Morgan fingerprint density at radius 3 is 2.34 bits per heavy atom. The first kappa shape index (κ1) is 22.4. The highest BCUT2D eigenvalue weighted by Crippen LogP contribution is 2.32. The summed E-state index contributed by atoms with van der Waals surface area (Å²) in [7, 11) is 1.01. The van der Waals surface area contributed by atoms with E-state index in [4.69, 9.17) is 19.2 Å². The normalized spacial score (nSPS) is 14.9. The maximum absolute atomic E-state index is 13.1. The second-order valence-corrected chi connectivity index (χ2v) is 9.93. The zero-order valence-electron chi connectivity index (χ0n) is 18.1. The van der Waals surface area contributed by atoms with Crippen LogP contribution in [0.4, 0.5) is 5.13 Å². The summed E-state index contributed by atoms with van der Waals surface area (Å²) in [5.41, 5.74) is 1.87. The fourth-order valence-electron chi connectivity index (χ4n) is 3.57. The molecule has 0 aliphatic carbocycles. The van der Waals surface area contributed by atoms with Crippen LogP contribution in [0, 0.1) is 0 Å². The van der Waals surface area contributed by atoms with Crippen LogP contribution in [0.2, 0.25) is 0 Å². The molecule has 4 rings (SSSR count). The van der Waals surface area contributed by atoms with Crippen LogP contribution in [0.1, 0.15) is 0 Å². The number of thiazole rings is 1. The average Bonchev–Trinajstić information content (AvgIpc) is 3.34. The minimum atomic E-state index is -3.63. The van der Waals surface area contributed by atoms with Gasteiger partial charge in [0.05, 0.1) is 31.9 Å². The molecule has 0 radical (unpaired) electrons. The van der Waals surface area contributed by atoms with Crippen LogP contribution in [0.25, 0.3) is 11.3 Å². The SMILES string of the molecule is COc1cccc(-c2csc(N3CCN(S(=O)(=O)c4ccc(OC)c(OC)c4)CC3)n2)c1. The summed E-state index contributed by atoms with van der Waals surface area (Å²) in [6.07, 6.45) is 0. The molecule has 1 aliphatic heterocycles. The van der Waals surface area contributed by atoms with Crippen LogP contribution in [0.3, 0.4) is 0 Å². The van der Waals surface area contributed by atoms with Gasteiger partial charge in [0.1, 0.15) is 5.75 Å². The molecule has 10 heteroatoms. The van der Waals surface area contributed by atoms with Crippen LogP contribution >= 0.6 is 11.3 Å². The lowest BCUT2D eigenvalue weighted by Gasteiger charge is -2.33. The van der Waals surface area contributed by atoms with Crippen LogP contribution in [-0.2, 0) is 10.0 Å². The number of nitrogens with zero attached hydrogens (tertiary/aromatic N) is 3. The summed E-state index contributed by atoms with van der Waals surface area (Å²) in [4.78, 5) is 7.07. The molecular formula is C22H25N3O5S2. The Hall–Kier alpha value is -2.82. The molecule has 1 saturated heterocycles. The smallest absolute Gasteiger partial charge is 0.243 e. The first-order chi connectivity index (χ1) is 15.5. The Balaban J connectivity index is 1.46. The van der Waals surface area contributed by atoms with E-state index in [2.05, 4.69) is 4.90 Å². The Kier molecular flexibility index (Phi) is 6.54. The standard InChI is InChI=1S/C22H25N3O5S2/c1-28-17-6-4-5-16(13-17)19-15-31-22(23-19)24-9-11-25(12-10-24)32(26,27)18-7-8-20(29-2)21(14-18)30-3/h4-8,13-15H,9-12H2,1-3H3. The third kappa shape index (κ3) is 4.38. The lowest BCUT2D eigenvalue weighted by atomic mass is 10.2. The third-order valence-corrected chi connectivity index (χ3v) is 8.16. The lowest BCUT2D eigenvalue weighted by molar-refractivity contribution is 0.353. The molecule has 1 aromatic heterocycles. The molecule has 2 aromatic carbocycles. The summed E-state index contributed by atoms with van der Waals surface area (Å²) >= 11 is 1.55. The third-order valence-electron chi connectivity index (χ3n) is 5.36. The van der Waals surface area contributed by atoms with Crippen molar-refractivity contribution in [2.45, 2.75) is 4.90 Å². The predicted molar refractivity (Wildman–Crippen MR) is 125 cm³/mol. The highest BCUT2D eigenvalue weighted by atomic mass is 32.2. The van der Waals surface area contributed by atoms with E-state index in [-0.39, 0.29) is 4.90 Å². The average molecular weight is 476 g/mol. The zero-order chi connectivity index (χ0) is 22.7. The van der Waals surface area contributed by atoms with Gasteiger partial charge in [0, 0.05) is 43.2 Å². The molecule has 0 spiro atoms. The Morgan fingerprint density at radius 1 is 0.906 bits per heavy atom. The molecule has 1 fully saturated rings.